The molecule has 0 aliphatic rings. The van der Waals surface area contributed by atoms with Crippen LogP contribution in [0.25, 0.3) is 0 Å². The zero-order valence-electron chi connectivity index (χ0n) is 12.1. The molecule has 0 fully saturated rings. The van der Waals surface area contributed by atoms with Crippen molar-refractivity contribution in [2.24, 2.45) is 0 Å². The molecule has 1 aromatic carbocycles. The van der Waals surface area contributed by atoms with Gasteiger partial charge in [-0.2, -0.15) is 0 Å². The van der Waals surface area contributed by atoms with Crippen LogP contribution in [0.3, 0.4) is 0 Å². The fraction of sp³-hybridized carbons (Fsp3) is 0.438. The third kappa shape index (κ3) is 4.28. The molecule has 0 heterocycles. The van der Waals surface area contributed by atoms with E-state index in [1.807, 2.05) is 38.1 Å². The topological polar surface area (TPSA) is 38.3 Å². The first-order valence-corrected chi connectivity index (χ1v) is 7.47. The van der Waals surface area contributed by atoms with Gasteiger partial charge in [-0.05, 0) is 44.0 Å². The second kappa shape index (κ2) is 7.35. The first kappa shape index (κ1) is 16.6. The van der Waals surface area contributed by atoms with Gasteiger partial charge in [0.25, 0.3) is 5.91 Å². The molecule has 0 aromatic heterocycles. The highest BCUT2D eigenvalue weighted by Crippen LogP contribution is 2.18. The van der Waals surface area contributed by atoms with E-state index in [0.29, 0.717) is 18.6 Å². The van der Waals surface area contributed by atoms with Crippen LogP contribution in [0.5, 0.6) is 5.75 Å². The highest BCUT2D eigenvalue weighted by atomic mass is 79.9. The molecule has 1 rings (SSSR count). The number of terminal acetylenes is 1. The lowest BCUT2D eigenvalue weighted by atomic mass is 9.93. The number of benzene rings is 1. The Kier molecular flexibility index (Phi) is 6.09. The normalized spacial score (nSPS) is 12.3. The molecular formula is C16H20BrNO2. The zero-order valence-corrected chi connectivity index (χ0v) is 13.7. The fourth-order valence-corrected chi connectivity index (χ4v) is 2.04. The van der Waals surface area contributed by atoms with E-state index in [9.17, 15) is 4.79 Å². The molecule has 1 atom stereocenters. The van der Waals surface area contributed by atoms with E-state index >= 15 is 0 Å². The molecule has 108 valence electrons. The van der Waals surface area contributed by atoms with E-state index in [1.54, 1.807) is 6.92 Å². The van der Waals surface area contributed by atoms with Crippen LogP contribution in [-0.2, 0) is 4.79 Å². The summed E-state index contributed by atoms with van der Waals surface area (Å²) < 4.78 is 6.57. The average Bonchev–Trinajstić information content (AvgIpc) is 2.47. The molecule has 20 heavy (non-hydrogen) atoms. The maximum atomic E-state index is 12.2. The zero-order chi connectivity index (χ0) is 15.2. The van der Waals surface area contributed by atoms with Crippen LogP contribution in [0.1, 0.15) is 33.6 Å². The van der Waals surface area contributed by atoms with Gasteiger partial charge in [0, 0.05) is 4.47 Å². The molecule has 0 spiro atoms. The van der Waals surface area contributed by atoms with Crippen LogP contribution in [0.4, 0.5) is 0 Å². The van der Waals surface area contributed by atoms with Crippen molar-refractivity contribution in [3.63, 3.8) is 0 Å². The Balaban J connectivity index is 2.68. The van der Waals surface area contributed by atoms with E-state index in [4.69, 9.17) is 11.2 Å². The average molecular weight is 338 g/mol. The quantitative estimate of drug-likeness (QED) is 0.806. The predicted molar refractivity (Wildman–Crippen MR) is 84.5 cm³/mol. The maximum Gasteiger partial charge on any atom is 0.261 e. The lowest BCUT2D eigenvalue weighted by molar-refractivity contribution is -0.128. The molecule has 1 unspecified atom stereocenters. The Morgan fingerprint density at radius 3 is 2.40 bits per heavy atom. The Labute approximate surface area is 129 Å². The van der Waals surface area contributed by atoms with Gasteiger partial charge in [0.05, 0.1) is 0 Å². The molecule has 4 heteroatoms. The molecule has 1 aromatic rings. The Morgan fingerprint density at radius 1 is 1.40 bits per heavy atom. The molecule has 0 saturated carbocycles. The largest absolute Gasteiger partial charge is 0.481 e. The lowest BCUT2D eigenvalue weighted by Gasteiger charge is -2.28. The van der Waals surface area contributed by atoms with Crippen LogP contribution < -0.4 is 10.1 Å². The number of hydrogen-bond donors (Lipinski definition) is 1. The minimum Gasteiger partial charge on any atom is -0.481 e. The van der Waals surface area contributed by atoms with Gasteiger partial charge < -0.3 is 10.1 Å². The molecule has 0 bridgehead atoms. The van der Waals surface area contributed by atoms with Crippen LogP contribution in [-0.4, -0.2) is 17.6 Å². The van der Waals surface area contributed by atoms with E-state index in [0.717, 1.165) is 4.47 Å². The molecule has 0 aliphatic carbocycles. The van der Waals surface area contributed by atoms with Crippen molar-refractivity contribution < 1.29 is 9.53 Å². The van der Waals surface area contributed by atoms with Gasteiger partial charge in [0.15, 0.2) is 6.10 Å². The van der Waals surface area contributed by atoms with Crippen LogP contribution in [0, 0.1) is 12.3 Å². The van der Waals surface area contributed by atoms with Crippen molar-refractivity contribution in [1.29, 1.82) is 0 Å². The molecular weight excluding hydrogens is 318 g/mol. The summed E-state index contributed by atoms with van der Waals surface area (Å²) in [6.45, 7) is 5.64. The number of carbonyl (C=O) groups is 1. The summed E-state index contributed by atoms with van der Waals surface area (Å²) in [6.07, 6.45) is 6.32. The number of hydrogen-bond acceptors (Lipinski definition) is 2. The van der Waals surface area contributed by atoms with Crippen molar-refractivity contribution in [2.75, 3.05) is 0 Å². The van der Waals surface area contributed by atoms with Crippen molar-refractivity contribution in [1.82, 2.24) is 5.32 Å². The highest BCUT2D eigenvalue weighted by molar-refractivity contribution is 9.10. The summed E-state index contributed by atoms with van der Waals surface area (Å²) in [4.78, 5) is 12.2. The molecule has 1 amide bonds. The van der Waals surface area contributed by atoms with Gasteiger partial charge in [-0.15, -0.1) is 6.42 Å². The van der Waals surface area contributed by atoms with Crippen molar-refractivity contribution in [3.05, 3.63) is 28.7 Å². The predicted octanol–water partition coefficient (Wildman–Crippen LogP) is 3.52. The summed E-state index contributed by atoms with van der Waals surface area (Å²) in [5.41, 5.74) is -0.589. The van der Waals surface area contributed by atoms with Gasteiger partial charge >= 0.3 is 0 Å². The number of halogens is 1. The summed E-state index contributed by atoms with van der Waals surface area (Å²) in [5, 5.41) is 2.90. The minimum absolute atomic E-state index is 0.199. The van der Waals surface area contributed by atoms with Gasteiger partial charge in [-0.3, -0.25) is 4.79 Å². The maximum absolute atomic E-state index is 12.2. The van der Waals surface area contributed by atoms with Crippen molar-refractivity contribution >= 4 is 21.8 Å². The highest BCUT2D eigenvalue weighted by Gasteiger charge is 2.28. The Morgan fingerprint density at radius 2 is 1.95 bits per heavy atom. The smallest absolute Gasteiger partial charge is 0.261 e. The number of ether oxygens (including phenoxy) is 1. The van der Waals surface area contributed by atoms with E-state index in [2.05, 4.69) is 27.2 Å². The van der Waals surface area contributed by atoms with E-state index in [-0.39, 0.29) is 5.91 Å². The molecule has 1 N–H and O–H groups in total. The Bertz CT molecular complexity index is 486. The molecule has 3 nitrogen and oxygen atoms in total. The summed E-state index contributed by atoms with van der Waals surface area (Å²) >= 11 is 3.35. The summed E-state index contributed by atoms with van der Waals surface area (Å²) in [5.74, 6) is 3.13. The number of carbonyl (C=O) groups excluding carboxylic acids is 1. The van der Waals surface area contributed by atoms with E-state index in [1.165, 1.54) is 0 Å². The van der Waals surface area contributed by atoms with E-state index < -0.39 is 11.6 Å². The number of rotatable bonds is 6. The van der Waals surface area contributed by atoms with Gasteiger partial charge in [0.2, 0.25) is 0 Å². The van der Waals surface area contributed by atoms with Crippen LogP contribution in [0.2, 0.25) is 0 Å². The second-order valence-electron chi connectivity index (χ2n) is 4.64. The summed E-state index contributed by atoms with van der Waals surface area (Å²) in [7, 11) is 0. The standard InChI is InChI=1S/C16H20BrNO2/c1-5-16(6-2,7-3)18-15(19)12(4)20-14-10-8-13(17)9-11-14/h1,8-12H,6-7H2,2-4H3,(H,18,19). The monoisotopic (exact) mass is 337 g/mol. The third-order valence-corrected chi connectivity index (χ3v) is 3.87. The molecule has 0 radical (unpaired) electrons. The lowest BCUT2D eigenvalue weighted by Crippen LogP contribution is -2.50. The van der Waals surface area contributed by atoms with Gasteiger partial charge in [-0.1, -0.05) is 35.7 Å². The van der Waals surface area contributed by atoms with Crippen molar-refractivity contribution in [3.8, 4) is 18.1 Å². The number of amides is 1. The van der Waals surface area contributed by atoms with Crippen LogP contribution >= 0.6 is 15.9 Å². The van der Waals surface area contributed by atoms with Crippen LogP contribution in [0.15, 0.2) is 28.7 Å². The first-order valence-electron chi connectivity index (χ1n) is 6.68. The minimum atomic E-state index is -0.595. The first-order chi connectivity index (χ1) is 9.46. The Hall–Kier alpha value is -1.47. The second-order valence-corrected chi connectivity index (χ2v) is 5.55. The molecule has 0 aliphatic heterocycles. The van der Waals surface area contributed by atoms with Crippen molar-refractivity contribution in [2.45, 2.75) is 45.3 Å². The number of nitrogens with one attached hydrogen (secondary N) is 1. The summed E-state index contributed by atoms with van der Waals surface area (Å²) in [6, 6.07) is 7.34. The SMILES string of the molecule is C#CC(CC)(CC)NC(=O)C(C)Oc1ccc(Br)cc1. The molecule has 0 saturated heterocycles. The third-order valence-electron chi connectivity index (χ3n) is 3.34. The fourth-order valence-electron chi connectivity index (χ4n) is 1.78. The van der Waals surface area contributed by atoms with Gasteiger partial charge in [0.1, 0.15) is 11.3 Å². The van der Waals surface area contributed by atoms with Gasteiger partial charge in [-0.25, -0.2) is 0 Å².